The molecule has 104 valence electrons. The van der Waals surface area contributed by atoms with E-state index in [1.165, 1.54) is 26.4 Å². The predicted molar refractivity (Wildman–Crippen MR) is 67.4 cm³/mol. The van der Waals surface area contributed by atoms with Crippen LogP contribution < -0.4 is 5.73 Å². The zero-order chi connectivity index (χ0) is 14.5. The highest BCUT2D eigenvalue weighted by molar-refractivity contribution is 5.87. The molecule has 6 heteroatoms. The Labute approximate surface area is 111 Å². The SMILES string of the molecule is COC(=O)C[C@@](N)(Cc1ccc(O)cc1)C(=O)OC. The third kappa shape index (κ3) is 3.96. The van der Waals surface area contributed by atoms with E-state index < -0.39 is 17.5 Å². The van der Waals surface area contributed by atoms with Gasteiger partial charge in [-0.15, -0.1) is 0 Å². The van der Waals surface area contributed by atoms with E-state index in [9.17, 15) is 14.7 Å². The van der Waals surface area contributed by atoms with Gasteiger partial charge >= 0.3 is 11.9 Å². The second-order valence-electron chi connectivity index (χ2n) is 4.24. The summed E-state index contributed by atoms with van der Waals surface area (Å²) in [6.45, 7) is 0. The van der Waals surface area contributed by atoms with Crippen molar-refractivity contribution < 1.29 is 24.2 Å². The average molecular weight is 267 g/mol. The lowest BCUT2D eigenvalue weighted by Crippen LogP contribution is -2.52. The molecule has 0 fully saturated rings. The molecule has 0 amide bonds. The Morgan fingerprint density at radius 2 is 1.79 bits per heavy atom. The molecule has 0 radical (unpaired) electrons. The molecule has 0 aliphatic heterocycles. The first-order valence-electron chi connectivity index (χ1n) is 5.63. The fourth-order valence-electron chi connectivity index (χ4n) is 1.72. The van der Waals surface area contributed by atoms with Crippen LogP contribution in [0.2, 0.25) is 0 Å². The molecule has 1 atom stereocenters. The van der Waals surface area contributed by atoms with Gasteiger partial charge in [-0.1, -0.05) is 12.1 Å². The van der Waals surface area contributed by atoms with Crippen molar-refractivity contribution in [3.63, 3.8) is 0 Å². The van der Waals surface area contributed by atoms with Crippen LogP contribution in [0.15, 0.2) is 24.3 Å². The number of benzene rings is 1. The number of esters is 2. The maximum atomic E-state index is 11.8. The van der Waals surface area contributed by atoms with Crippen LogP contribution in [0.3, 0.4) is 0 Å². The molecule has 0 saturated heterocycles. The smallest absolute Gasteiger partial charge is 0.326 e. The van der Waals surface area contributed by atoms with Crippen LogP contribution in [-0.4, -0.2) is 36.8 Å². The van der Waals surface area contributed by atoms with Gasteiger partial charge in [0.05, 0.1) is 20.6 Å². The van der Waals surface area contributed by atoms with Crippen LogP contribution in [0, 0.1) is 0 Å². The number of methoxy groups -OCH3 is 2. The third-order valence-corrected chi connectivity index (χ3v) is 2.74. The molecule has 0 saturated carbocycles. The lowest BCUT2D eigenvalue weighted by molar-refractivity contribution is -0.153. The first-order valence-corrected chi connectivity index (χ1v) is 5.63. The van der Waals surface area contributed by atoms with Gasteiger partial charge in [0, 0.05) is 6.42 Å². The van der Waals surface area contributed by atoms with E-state index in [2.05, 4.69) is 9.47 Å². The van der Waals surface area contributed by atoms with Gasteiger partial charge in [-0.25, -0.2) is 0 Å². The predicted octanol–water partition coefficient (Wildman–Crippen LogP) is 0.368. The number of phenols is 1. The number of hydrogen-bond donors (Lipinski definition) is 2. The quantitative estimate of drug-likeness (QED) is 0.748. The molecule has 0 aromatic heterocycles. The monoisotopic (exact) mass is 267 g/mol. The fourth-order valence-corrected chi connectivity index (χ4v) is 1.72. The van der Waals surface area contributed by atoms with Gasteiger partial charge in [0.1, 0.15) is 11.3 Å². The first kappa shape index (κ1) is 15.0. The lowest BCUT2D eigenvalue weighted by Gasteiger charge is -2.25. The normalized spacial score (nSPS) is 13.4. The summed E-state index contributed by atoms with van der Waals surface area (Å²) < 4.78 is 9.17. The van der Waals surface area contributed by atoms with Gasteiger partial charge in [-0.05, 0) is 17.7 Å². The number of nitrogens with two attached hydrogens (primary N) is 1. The van der Waals surface area contributed by atoms with E-state index in [4.69, 9.17) is 5.73 Å². The maximum absolute atomic E-state index is 11.8. The largest absolute Gasteiger partial charge is 0.508 e. The van der Waals surface area contributed by atoms with Gasteiger partial charge in [0.25, 0.3) is 0 Å². The zero-order valence-corrected chi connectivity index (χ0v) is 10.9. The highest BCUT2D eigenvalue weighted by atomic mass is 16.5. The number of phenolic OH excluding ortho intramolecular Hbond substituents is 1. The number of aromatic hydroxyl groups is 1. The molecule has 1 rings (SSSR count). The van der Waals surface area contributed by atoms with Crippen LogP contribution in [0.4, 0.5) is 0 Å². The van der Waals surface area contributed by atoms with Crippen molar-refractivity contribution >= 4 is 11.9 Å². The second kappa shape index (κ2) is 6.19. The molecular formula is C13H17NO5. The first-order chi connectivity index (χ1) is 8.91. The van der Waals surface area contributed by atoms with Crippen molar-refractivity contribution in [2.24, 2.45) is 5.73 Å². The van der Waals surface area contributed by atoms with Gasteiger partial charge < -0.3 is 20.3 Å². The van der Waals surface area contributed by atoms with E-state index in [0.717, 1.165) is 0 Å². The summed E-state index contributed by atoms with van der Waals surface area (Å²) in [7, 11) is 2.43. The summed E-state index contributed by atoms with van der Waals surface area (Å²) in [5, 5.41) is 9.20. The molecule has 1 aromatic rings. The fraction of sp³-hybridized carbons (Fsp3) is 0.385. The summed E-state index contributed by atoms with van der Waals surface area (Å²) in [6, 6.07) is 6.20. The second-order valence-corrected chi connectivity index (χ2v) is 4.24. The Morgan fingerprint density at radius 1 is 1.21 bits per heavy atom. The van der Waals surface area contributed by atoms with Gasteiger partial charge in [-0.3, -0.25) is 9.59 Å². The minimum atomic E-state index is -1.49. The lowest BCUT2D eigenvalue weighted by atomic mass is 9.88. The summed E-state index contributed by atoms with van der Waals surface area (Å²) in [6.07, 6.45) is -0.175. The molecular weight excluding hydrogens is 250 g/mol. The van der Waals surface area contributed by atoms with Crippen molar-refractivity contribution in [2.75, 3.05) is 14.2 Å². The van der Waals surface area contributed by atoms with E-state index >= 15 is 0 Å². The Kier molecular flexibility index (Phi) is 4.88. The number of hydrogen-bond acceptors (Lipinski definition) is 6. The van der Waals surface area contributed by atoms with Crippen LogP contribution in [0.25, 0.3) is 0 Å². The summed E-state index contributed by atoms with van der Waals surface area (Å²) in [5.74, 6) is -1.17. The van der Waals surface area contributed by atoms with Crippen molar-refractivity contribution in [2.45, 2.75) is 18.4 Å². The standard InChI is InChI=1S/C13H17NO5/c1-18-11(16)8-13(14,12(17)19-2)7-9-3-5-10(15)6-4-9/h3-6,15H,7-8,14H2,1-2H3/t13-/m0/s1. The number of rotatable bonds is 5. The van der Waals surface area contributed by atoms with E-state index in [1.807, 2.05) is 0 Å². The number of ether oxygens (including phenoxy) is 2. The molecule has 0 heterocycles. The number of carbonyl (C=O) groups is 2. The minimum Gasteiger partial charge on any atom is -0.508 e. The van der Waals surface area contributed by atoms with Crippen LogP contribution in [0.1, 0.15) is 12.0 Å². The van der Waals surface area contributed by atoms with E-state index in [0.29, 0.717) is 5.56 Å². The molecule has 0 aliphatic rings. The Hall–Kier alpha value is -2.08. The summed E-state index contributed by atoms with van der Waals surface area (Å²) in [4.78, 5) is 23.1. The molecule has 19 heavy (non-hydrogen) atoms. The average Bonchev–Trinajstić information content (AvgIpc) is 2.40. The maximum Gasteiger partial charge on any atom is 0.326 e. The van der Waals surface area contributed by atoms with Crippen molar-refractivity contribution in [1.29, 1.82) is 0 Å². The third-order valence-electron chi connectivity index (χ3n) is 2.74. The molecule has 0 aliphatic carbocycles. The van der Waals surface area contributed by atoms with Gasteiger partial charge in [0.15, 0.2) is 0 Å². The van der Waals surface area contributed by atoms with Crippen molar-refractivity contribution in [3.8, 4) is 5.75 Å². The Morgan fingerprint density at radius 3 is 2.26 bits per heavy atom. The molecule has 3 N–H and O–H groups in total. The van der Waals surface area contributed by atoms with Gasteiger partial charge in [0.2, 0.25) is 0 Å². The Balaban J connectivity index is 2.94. The molecule has 0 spiro atoms. The van der Waals surface area contributed by atoms with E-state index in [-0.39, 0.29) is 18.6 Å². The van der Waals surface area contributed by atoms with Crippen molar-refractivity contribution in [1.82, 2.24) is 0 Å². The summed E-state index contributed by atoms with van der Waals surface area (Å²) >= 11 is 0. The topological polar surface area (TPSA) is 98.9 Å². The molecule has 6 nitrogen and oxygen atoms in total. The zero-order valence-electron chi connectivity index (χ0n) is 10.9. The van der Waals surface area contributed by atoms with Crippen molar-refractivity contribution in [3.05, 3.63) is 29.8 Å². The van der Waals surface area contributed by atoms with Crippen LogP contribution in [0.5, 0.6) is 5.75 Å². The highest BCUT2D eigenvalue weighted by Crippen LogP contribution is 2.19. The van der Waals surface area contributed by atoms with E-state index in [1.54, 1.807) is 12.1 Å². The molecule has 1 aromatic carbocycles. The highest BCUT2D eigenvalue weighted by Gasteiger charge is 2.38. The summed E-state index contributed by atoms with van der Waals surface area (Å²) in [5.41, 5.74) is 5.18. The number of carbonyl (C=O) groups excluding carboxylic acids is 2. The van der Waals surface area contributed by atoms with Gasteiger partial charge in [-0.2, -0.15) is 0 Å². The molecule has 0 unspecified atom stereocenters. The Bertz CT molecular complexity index is 457. The van der Waals surface area contributed by atoms with Crippen LogP contribution >= 0.6 is 0 Å². The minimum absolute atomic E-state index is 0.106. The van der Waals surface area contributed by atoms with Crippen LogP contribution in [-0.2, 0) is 25.5 Å². The molecule has 0 bridgehead atoms.